The van der Waals surface area contributed by atoms with Gasteiger partial charge in [-0.1, -0.05) is 12.1 Å². The number of halogens is 1. The van der Waals surface area contributed by atoms with E-state index in [4.69, 9.17) is 4.74 Å². The van der Waals surface area contributed by atoms with Gasteiger partial charge in [-0.2, -0.15) is 0 Å². The molecule has 0 spiro atoms. The molecule has 2 unspecified atom stereocenters. The Labute approximate surface area is 105 Å². The maximum Gasteiger partial charge on any atom is 0.183 e. The highest BCUT2D eigenvalue weighted by atomic mass is 32.2. The molecule has 1 N–H and O–H groups in total. The Balaban J connectivity index is 2.14. The Morgan fingerprint density at radius 1 is 1.44 bits per heavy atom. The van der Waals surface area contributed by atoms with Crippen LogP contribution in [0.4, 0.5) is 4.39 Å². The fourth-order valence-corrected chi connectivity index (χ4v) is 3.56. The summed E-state index contributed by atoms with van der Waals surface area (Å²) in [5, 5.41) is 9.86. The normalized spacial score (nSPS) is 22.0. The van der Waals surface area contributed by atoms with E-state index in [0.29, 0.717) is 19.6 Å². The average Bonchev–Trinajstić information content (AvgIpc) is 2.82. The summed E-state index contributed by atoms with van der Waals surface area (Å²) in [6.07, 6.45) is -0.384. The van der Waals surface area contributed by atoms with Crippen LogP contribution in [0.2, 0.25) is 0 Å². The molecule has 0 aromatic heterocycles. The molecule has 18 heavy (non-hydrogen) atoms. The molecule has 2 rings (SSSR count). The van der Waals surface area contributed by atoms with Crippen molar-refractivity contribution in [1.82, 2.24) is 0 Å². The molecule has 0 radical (unpaired) electrons. The first-order valence-corrected chi connectivity index (χ1v) is 7.39. The van der Waals surface area contributed by atoms with Crippen LogP contribution in [0.25, 0.3) is 0 Å². The molecule has 1 aromatic rings. The van der Waals surface area contributed by atoms with Crippen molar-refractivity contribution in [3.63, 3.8) is 0 Å². The van der Waals surface area contributed by atoms with Crippen LogP contribution in [0, 0.1) is 11.7 Å². The van der Waals surface area contributed by atoms with Crippen LogP contribution < -0.4 is 0 Å². The minimum atomic E-state index is -3.81. The number of ether oxygens (including phenoxy) is 1. The Bertz CT molecular complexity index is 509. The van der Waals surface area contributed by atoms with Crippen molar-refractivity contribution in [2.45, 2.75) is 17.4 Å². The predicted molar refractivity (Wildman–Crippen MR) is 63.4 cm³/mol. The summed E-state index contributed by atoms with van der Waals surface area (Å²) >= 11 is 0. The van der Waals surface area contributed by atoms with Crippen LogP contribution in [-0.2, 0) is 14.6 Å². The molecule has 6 heteroatoms. The van der Waals surface area contributed by atoms with E-state index in [9.17, 15) is 17.9 Å². The molecule has 1 aliphatic heterocycles. The fraction of sp³-hybridized carbons (Fsp3) is 0.500. The van der Waals surface area contributed by atoms with E-state index < -0.39 is 27.5 Å². The number of rotatable bonds is 4. The van der Waals surface area contributed by atoms with Crippen LogP contribution >= 0.6 is 0 Å². The van der Waals surface area contributed by atoms with E-state index in [2.05, 4.69) is 0 Å². The first-order chi connectivity index (χ1) is 8.50. The second kappa shape index (κ2) is 5.34. The Morgan fingerprint density at radius 3 is 2.78 bits per heavy atom. The topological polar surface area (TPSA) is 63.6 Å². The van der Waals surface area contributed by atoms with Gasteiger partial charge in [0.05, 0.1) is 18.5 Å². The third kappa shape index (κ3) is 2.88. The van der Waals surface area contributed by atoms with Crippen molar-refractivity contribution in [2.24, 2.45) is 5.92 Å². The standard InChI is InChI=1S/C12H15FO4S/c13-10-3-1-2-4-12(10)18(15,16)8-11(14)9-5-6-17-7-9/h1-4,9,11,14H,5-8H2. The zero-order valence-electron chi connectivity index (χ0n) is 9.75. The lowest BCUT2D eigenvalue weighted by molar-refractivity contribution is 0.107. The molecule has 4 nitrogen and oxygen atoms in total. The Kier molecular flexibility index (Phi) is 3.99. The molecule has 100 valence electrons. The number of sulfone groups is 1. The van der Waals surface area contributed by atoms with Crippen LogP contribution in [0.15, 0.2) is 29.2 Å². The van der Waals surface area contributed by atoms with Crippen molar-refractivity contribution in [1.29, 1.82) is 0 Å². The molecule has 0 bridgehead atoms. The molecular formula is C12H15FO4S. The van der Waals surface area contributed by atoms with Gasteiger partial charge in [0, 0.05) is 12.5 Å². The van der Waals surface area contributed by atoms with Gasteiger partial charge in [0.15, 0.2) is 9.84 Å². The Morgan fingerprint density at radius 2 is 2.17 bits per heavy atom. The zero-order chi connectivity index (χ0) is 13.2. The van der Waals surface area contributed by atoms with E-state index in [0.717, 1.165) is 6.07 Å². The lowest BCUT2D eigenvalue weighted by Crippen LogP contribution is -2.29. The van der Waals surface area contributed by atoms with Gasteiger partial charge in [-0.3, -0.25) is 0 Å². The van der Waals surface area contributed by atoms with Gasteiger partial charge >= 0.3 is 0 Å². The molecule has 1 aromatic carbocycles. The number of hydrogen-bond donors (Lipinski definition) is 1. The fourth-order valence-electron chi connectivity index (χ4n) is 2.00. The number of hydrogen-bond acceptors (Lipinski definition) is 4. The third-order valence-corrected chi connectivity index (χ3v) is 4.85. The van der Waals surface area contributed by atoms with Crippen LogP contribution in [0.1, 0.15) is 6.42 Å². The van der Waals surface area contributed by atoms with Gasteiger partial charge < -0.3 is 9.84 Å². The lowest BCUT2D eigenvalue weighted by atomic mass is 10.0. The van der Waals surface area contributed by atoms with Crippen LogP contribution in [0.3, 0.4) is 0 Å². The van der Waals surface area contributed by atoms with E-state index in [1.54, 1.807) is 0 Å². The second-order valence-electron chi connectivity index (χ2n) is 4.40. The maximum atomic E-state index is 13.4. The Hall–Kier alpha value is -0.980. The monoisotopic (exact) mass is 274 g/mol. The van der Waals surface area contributed by atoms with Gasteiger partial charge in [0.2, 0.25) is 0 Å². The van der Waals surface area contributed by atoms with Crippen molar-refractivity contribution in [3.8, 4) is 0 Å². The average molecular weight is 274 g/mol. The molecule has 0 saturated carbocycles. The maximum absolute atomic E-state index is 13.4. The van der Waals surface area contributed by atoms with E-state index in [1.807, 2.05) is 0 Å². The predicted octanol–water partition coefficient (Wildman–Crippen LogP) is 0.997. The molecule has 1 saturated heterocycles. The summed E-state index contributed by atoms with van der Waals surface area (Å²) < 4.78 is 42.5. The van der Waals surface area contributed by atoms with Gasteiger partial charge in [-0.15, -0.1) is 0 Å². The molecule has 0 aliphatic carbocycles. The largest absolute Gasteiger partial charge is 0.392 e. The molecule has 1 aliphatic rings. The minimum absolute atomic E-state index is 0.188. The first kappa shape index (κ1) is 13.5. The van der Waals surface area contributed by atoms with E-state index >= 15 is 0 Å². The smallest absolute Gasteiger partial charge is 0.183 e. The SMILES string of the molecule is O=S(=O)(CC(O)C1CCOC1)c1ccccc1F. The van der Waals surface area contributed by atoms with Gasteiger partial charge in [-0.05, 0) is 18.6 Å². The first-order valence-electron chi connectivity index (χ1n) is 5.74. The summed E-state index contributed by atoms with van der Waals surface area (Å²) in [7, 11) is -3.81. The highest BCUT2D eigenvalue weighted by Crippen LogP contribution is 2.22. The van der Waals surface area contributed by atoms with Crippen molar-refractivity contribution in [3.05, 3.63) is 30.1 Å². The summed E-state index contributed by atoms with van der Waals surface area (Å²) in [6.45, 7) is 0.884. The second-order valence-corrected chi connectivity index (χ2v) is 6.41. The highest BCUT2D eigenvalue weighted by molar-refractivity contribution is 7.91. The van der Waals surface area contributed by atoms with Crippen LogP contribution in [-0.4, -0.2) is 38.6 Å². The summed E-state index contributed by atoms with van der Waals surface area (Å²) in [6, 6.07) is 5.19. The van der Waals surface area contributed by atoms with Crippen molar-refractivity contribution >= 4 is 9.84 Å². The zero-order valence-corrected chi connectivity index (χ0v) is 10.6. The minimum Gasteiger partial charge on any atom is -0.392 e. The lowest BCUT2D eigenvalue weighted by Gasteiger charge is -2.16. The molecule has 1 heterocycles. The number of aliphatic hydroxyl groups is 1. The van der Waals surface area contributed by atoms with E-state index in [-0.39, 0.29) is 10.8 Å². The third-order valence-electron chi connectivity index (χ3n) is 3.07. The van der Waals surface area contributed by atoms with Gasteiger partial charge in [0.1, 0.15) is 10.7 Å². The molecular weight excluding hydrogens is 259 g/mol. The molecule has 1 fully saturated rings. The molecule has 2 atom stereocenters. The number of benzene rings is 1. The van der Waals surface area contributed by atoms with Crippen LogP contribution in [0.5, 0.6) is 0 Å². The van der Waals surface area contributed by atoms with Crippen molar-refractivity contribution < 1.29 is 22.7 Å². The van der Waals surface area contributed by atoms with Gasteiger partial charge in [-0.25, -0.2) is 12.8 Å². The summed E-state index contributed by atoms with van der Waals surface area (Å²) in [4.78, 5) is -0.358. The quantitative estimate of drug-likeness (QED) is 0.889. The van der Waals surface area contributed by atoms with Crippen molar-refractivity contribution in [2.75, 3.05) is 19.0 Å². The van der Waals surface area contributed by atoms with Gasteiger partial charge in [0.25, 0.3) is 0 Å². The highest BCUT2D eigenvalue weighted by Gasteiger charge is 2.30. The van der Waals surface area contributed by atoms with E-state index in [1.165, 1.54) is 18.2 Å². The summed E-state index contributed by atoms with van der Waals surface area (Å²) in [5.41, 5.74) is 0. The summed E-state index contributed by atoms with van der Waals surface area (Å²) in [5.74, 6) is -1.44. The number of aliphatic hydroxyl groups excluding tert-OH is 1. The molecule has 0 amide bonds.